The van der Waals surface area contributed by atoms with Crippen molar-refractivity contribution in [2.75, 3.05) is 31.5 Å². The predicted octanol–water partition coefficient (Wildman–Crippen LogP) is 4.60. The smallest absolute Gasteiger partial charge is 0.410 e. The largest absolute Gasteiger partial charge is 0.444 e. The summed E-state index contributed by atoms with van der Waals surface area (Å²) in [5.74, 6) is 0.401. The van der Waals surface area contributed by atoms with Gasteiger partial charge in [-0.3, -0.25) is 14.4 Å². The van der Waals surface area contributed by atoms with Crippen LogP contribution >= 0.6 is 0 Å². The number of carbonyl (C=O) groups is 2. The highest BCUT2D eigenvalue weighted by molar-refractivity contribution is 5.94. The Morgan fingerprint density at radius 3 is 2.58 bits per heavy atom. The van der Waals surface area contributed by atoms with E-state index in [1.807, 2.05) is 56.9 Å². The van der Waals surface area contributed by atoms with E-state index in [0.29, 0.717) is 18.9 Å². The van der Waals surface area contributed by atoms with Crippen LogP contribution in [0, 0.1) is 11.3 Å². The summed E-state index contributed by atoms with van der Waals surface area (Å²) in [7, 11) is 1.99. The molecule has 0 bridgehead atoms. The summed E-state index contributed by atoms with van der Waals surface area (Å²) >= 11 is 0. The third-order valence-electron chi connectivity index (χ3n) is 8.42. The molecule has 1 spiro atoms. The third-order valence-corrected chi connectivity index (χ3v) is 8.42. The molecule has 3 aliphatic rings. The summed E-state index contributed by atoms with van der Waals surface area (Å²) in [5.41, 5.74) is 3.40. The summed E-state index contributed by atoms with van der Waals surface area (Å²) in [5, 5.41) is 8.45. The number of aromatic nitrogens is 4. The molecule has 1 N–H and O–H groups in total. The number of nitrogens with zero attached hydrogens (tertiary/aromatic N) is 6. The first kappa shape index (κ1) is 26.7. The topological polar surface area (TPSA) is 105 Å². The molecule has 0 atom stereocenters. The van der Waals surface area contributed by atoms with Gasteiger partial charge in [-0.25, -0.2) is 14.8 Å². The minimum atomic E-state index is -0.502. The zero-order valence-electron chi connectivity index (χ0n) is 23.9. The van der Waals surface area contributed by atoms with Crippen molar-refractivity contribution in [1.82, 2.24) is 29.5 Å². The number of hydrogen-bond donors (Lipinski definition) is 1. The van der Waals surface area contributed by atoms with Gasteiger partial charge in [-0.2, -0.15) is 5.10 Å². The van der Waals surface area contributed by atoms with Gasteiger partial charge in [0, 0.05) is 61.2 Å². The van der Waals surface area contributed by atoms with Crippen LogP contribution in [0.5, 0.6) is 0 Å². The summed E-state index contributed by atoms with van der Waals surface area (Å²) in [6.45, 7) is 10.0. The van der Waals surface area contributed by atoms with Crippen molar-refractivity contribution in [1.29, 1.82) is 0 Å². The first-order valence-electron chi connectivity index (χ1n) is 14.4. The SMILES string of the molecule is Cn1ncc(-c2ccc3cnc(NC(=O)C4CC5(C4)CN(C(=O)OC(C)(C)C)C5)cc3n2)c1CN1CCCCC1. The van der Waals surface area contributed by atoms with Crippen molar-refractivity contribution in [3.05, 3.63) is 36.3 Å². The number of rotatable bonds is 5. The normalized spacial score (nSPS) is 19.4. The maximum Gasteiger partial charge on any atom is 0.410 e. The second-order valence-electron chi connectivity index (χ2n) is 12.9. The van der Waals surface area contributed by atoms with E-state index >= 15 is 0 Å². The highest BCUT2D eigenvalue weighted by Gasteiger charge is 2.56. The van der Waals surface area contributed by atoms with Crippen molar-refractivity contribution < 1.29 is 14.3 Å². The summed E-state index contributed by atoms with van der Waals surface area (Å²) in [6.07, 6.45) is 8.72. The van der Waals surface area contributed by atoms with E-state index in [-0.39, 0.29) is 23.3 Å². The lowest BCUT2D eigenvalue weighted by Gasteiger charge is -2.58. The molecular weight excluding hydrogens is 506 g/mol. The van der Waals surface area contributed by atoms with Crippen molar-refractivity contribution in [3.63, 3.8) is 0 Å². The Morgan fingerprint density at radius 1 is 1.10 bits per heavy atom. The van der Waals surface area contributed by atoms with Crippen molar-refractivity contribution in [3.8, 4) is 11.3 Å². The molecule has 5 heterocycles. The second-order valence-corrected chi connectivity index (χ2v) is 12.9. The van der Waals surface area contributed by atoms with Gasteiger partial charge in [0.25, 0.3) is 0 Å². The van der Waals surface area contributed by atoms with Crippen LogP contribution in [0.4, 0.5) is 10.6 Å². The number of piperidine rings is 1. The zero-order chi connectivity index (χ0) is 28.1. The summed E-state index contributed by atoms with van der Waals surface area (Å²) in [4.78, 5) is 38.9. The van der Waals surface area contributed by atoms with Crippen LogP contribution in [0.3, 0.4) is 0 Å². The number of likely N-dealkylation sites (tertiary alicyclic amines) is 2. The van der Waals surface area contributed by atoms with E-state index in [9.17, 15) is 9.59 Å². The molecule has 10 nitrogen and oxygen atoms in total. The van der Waals surface area contributed by atoms with Gasteiger partial charge in [0.2, 0.25) is 5.91 Å². The Morgan fingerprint density at radius 2 is 1.85 bits per heavy atom. The molecule has 10 heteroatoms. The van der Waals surface area contributed by atoms with E-state index < -0.39 is 5.60 Å². The highest BCUT2D eigenvalue weighted by atomic mass is 16.6. The molecule has 0 radical (unpaired) electrons. The van der Waals surface area contributed by atoms with Crippen molar-refractivity contribution in [2.45, 2.75) is 65.0 Å². The zero-order valence-corrected chi connectivity index (χ0v) is 23.9. The van der Waals surface area contributed by atoms with Gasteiger partial charge in [0.15, 0.2) is 0 Å². The highest BCUT2D eigenvalue weighted by Crippen LogP contribution is 2.52. The van der Waals surface area contributed by atoms with Crippen LogP contribution in [-0.4, -0.2) is 73.3 Å². The number of hydrogen-bond acceptors (Lipinski definition) is 7. The molecule has 3 aromatic rings. The minimum Gasteiger partial charge on any atom is -0.444 e. The fourth-order valence-corrected chi connectivity index (χ4v) is 6.30. The predicted molar refractivity (Wildman–Crippen MR) is 152 cm³/mol. The number of amides is 2. The number of nitrogens with one attached hydrogen (secondary N) is 1. The van der Waals surface area contributed by atoms with Gasteiger partial charge >= 0.3 is 6.09 Å². The van der Waals surface area contributed by atoms with Crippen LogP contribution < -0.4 is 5.32 Å². The minimum absolute atomic E-state index is 0.0274. The summed E-state index contributed by atoms with van der Waals surface area (Å²) in [6, 6.07) is 5.89. The molecule has 1 saturated carbocycles. The van der Waals surface area contributed by atoms with Crippen LogP contribution in [0.25, 0.3) is 22.2 Å². The standard InChI is InChI=1S/C30H39N7O3/c1-29(2,3)40-28(39)37-18-30(19-37)13-21(14-30)27(38)34-26-12-24-20(15-31-26)8-9-23(33-24)22-16-32-35(4)25(22)17-36-10-6-5-7-11-36/h8-9,12,15-16,21H,5-7,10-11,13-14,17-19H2,1-4H3,(H,31,34,38). The molecule has 2 amide bonds. The van der Waals surface area contributed by atoms with Crippen LogP contribution in [0.1, 0.15) is 58.6 Å². The number of carbonyl (C=O) groups excluding carboxylic acids is 2. The maximum atomic E-state index is 13.0. The molecule has 3 fully saturated rings. The van der Waals surface area contributed by atoms with Crippen molar-refractivity contribution in [2.24, 2.45) is 18.4 Å². The average molecular weight is 546 g/mol. The Hall–Kier alpha value is -3.53. The Balaban J connectivity index is 1.09. The van der Waals surface area contributed by atoms with Gasteiger partial charge in [-0.05, 0) is 71.7 Å². The van der Waals surface area contributed by atoms with E-state index in [4.69, 9.17) is 9.72 Å². The number of anilines is 1. The number of fused-ring (bicyclic) bond motifs is 1. The molecule has 1 aliphatic carbocycles. The second kappa shape index (κ2) is 10.1. The van der Waals surface area contributed by atoms with E-state index in [2.05, 4.69) is 20.3 Å². The molecule has 6 rings (SSSR count). The van der Waals surface area contributed by atoms with E-state index in [0.717, 1.165) is 60.3 Å². The van der Waals surface area contributed by atoms with Crippen LogP contribution in [-0.2, 0) is 23.1 Å². The van der Waals surface area contributed by atoms with Gasteiger partial charge in [0.05, 0.1) is 23.1 Å². The lowest BCUT2D eigenvalue weighted by molar-refractivity contribution is -0.137. The van der Waals surface area contributed by atoms with Crippen LogP contribution in [0.2, 0.25) is 0 Å². The van der Waals surface area contributed by atoms with Gasteiger partial charge in [-0.15, -0.1) is 0 Å². The van der Waals surface area contributed by atoms with Crippen LogP contribution in [0.15, 0.2) is 30.6 Å². The molecule has 2 aliphatic heterocycles. The molecule has 212 valence electrons. The monoisotopic (exact) mass is 545 g/mol. The molecule has 0 unspecified atom stereocenters. The Kier molecular flexibility index (Phi) is 6.76. The van der Waals surface area contributed by atoms with Crippen molar-refractivity contribution >= 4 is 28.7 Å². The lowest BCUT2D eigenvalue weighted by Crippen LogP contribution is -2.65. The molecule has 2 saturated heterocycles. The average Bonchev–Trinajstić information content (AvgIpc) is 3.21. The molecular formula is C30H39N7O3. The third kappa shape index (κ3) is 5.41. The number of ether oxygens (including phenoxy) is 1. The van der Waals surface area contributed by atoms with E-state index in [1.165, 1.54) is 19.3 Å². The quantitative estimate of drug-likeness (QED) is 0.499. The first-order valence-corrected chi connectivity index (χ1v) is 14.4. The van der Waals surface area contributed by atoms with E-state index in [1.54, 1.807) is 11.1 Å². The maximum absolute atomic E-state index is 13.0. The number of pyridine rings is 2. The number of aryl methyl sites for hydroxylation is 1. The molecule has 3 aromatic heterocycles. The first-order chi connectivity index (χ1) is 19.1. The Labute approximate surface area is 235 Å². The fraction of sp³-hybridized carbons (Fsp3) is 0.567. The Bertz CT molecular complexity index is 1420. The molecule has 40 heavy (non-hydrogen) atoms. The summed E-state index contributed by atoms with van der Waals surface area (Å²) < 4.78 is 7.41. The van der Waals surface area contributed by atoms with Gasteiger partial charge < -0.3 is 15.0 Å². The van der Waals surface area contributed by atoms with Gasteiger partial charge in [0.1, 0.15) is 11.4 Å². The van der Waals surface area contributed by atoms with Gasteiger partial charge in [-0.1, -0.05) is 6.42 Å². The molecule has 0 aromatic carbocycles. The fourth-order valence-electron chi connectivity index (χ4n) is 6.30. The lowest BCUT2D eigenvalue weighted by atomic mass is 9.57.